The van der Waals surface area contributed by atoms with Gasteiger partial charge in [-0.2, -0.15) is 4.31 Å². The molecule has 0 saturated carbocycles. The summed E-state index contributed by atoms with van der Waals surface area (Å²) in [6.45, 7) is 10.1. The first-order valence-electron chi connectivity index (χ1n) is 9.22. The number of hydrogen-bond donors (Lipinski definition) is 0. The van der Waals surface area contributed by atoms with Gasteiger partial charge in [-0.1, -0.05) is 34.6 Å². The lowest BCUT2D eigenvalue weighted by atomic mass is 9.91. The topological polar surface area (TPSA) is 80.8 Å². The average molecular weight is 396 g/mol. The number of ketones is 1. The van der Waals surface area contributed by atoms with E-state index in [4.69, 9.17) is 4.74 Å². The van der Waals surface area contributed by atoms with Crippen LogP contribution in [0.3, 0.4) is 0 Å². The van der Waals surface area contributed by atoms with E-state index in [0.29, 0.717) is 24.9 Å². The summed E-state index contributed by atoms with van der Waals surface area (Å²) in [6.07, 6.45) is 1.02. The van der Waals surface area contributed by atoms with Crippen molar-refractivity contribution in [1.82, 2.24) is 4.31 Å². The smallest absolute Gasteiger partial charge is 0.338 e. The fourth-order valence-electron chi connectivity index (χ4n) is 3.14. The van der Waals surface area contributed by atoms with Crippen LogP contribution in [0.5, 0.6) is 0 Å². The van der Waals surface area contributed by atoms with Gasteiger partial charge in [-0.05, 0) is 42.5 Å². The highest BCUT2D eigenvalue weighted by Crippen LogP contribution is 2.26. The minimum absolute atomic E-state index is 0.158. The predicted molar refractivity (Wildman–Crippen MR) is 103 cm³/mol. The van der Waals surface area contributed by atoms with Crippen LogP contribution in [0.2, 0.25) is 0 Å². The Morgan fingerprint density at radius 1 is 1.07 bits per heavy atom. The van der Waals surface area contributed by atoms with Gasteiger partial charge in [-0.3, -0.25) is 4.79 Å². The molecule has 1 aliphatic rings. The van der Waals surface area contributed by atoms with Crippen LogP contribution in [-0.2, 0) is 19.6 Å². The molecule has 1 heterocycles. The Kier molecular flexibility index (Phi) is 6.47. The monoisotopic (exact) mass is 395 g/mol. The quantitative estimate of drug-likeness (QED) is 0.716. The van der Waals surface area contributed by atoms with Crippen LogP contribution in [0.25, 0.3) is 0 Å². The lowest BCUT2D eigenvalue weighted by Crippen LogP contribution is -2.42. The van der Waals surface area contributed by atoms with Gasteiger partial charge in [-0.25, -0.2) is 13.2 Å². The highest BCUT2D eigenvalue weighted by molar-refractivity contribution is 7.89. The first-order valence-corrected chi connectivity index (χ1v) is 10.7. The van der Waals surface area contributed by atoms with E-state index in [1.54, 1.807) is 20.8 Å². The van der Waals surface area contributed by atoms with Crippen molar-refractivity contribution in [1.29, 1.82) is 0 Å². The molecule has 1 aromatic rings. The summed E-state index contributed by atoms with van der Waals surface area (Å²) in [6, 6.07) is 5.68. The first-order chi connectivity index (χ1) is 12.4. The fourth-order valence-corrected chi connectivity index (χ4v) is 4.82. The molecule has 0 spiro atoms. The standard InChI is InChI=1S/C20H29NO5S/c1-14-10-15(2)12-21(11-14)27(24,25)17-8-6-16(7-9-17)19(23)26-13-18(22)20(3,4)5/h6-9,14-15H,10-13H2,1-5H3/t14-,15-/m0/s1. The minimum atomic E-state index is -3.59. The number of rotatable bonds is 5. The Hall–Kier alpha value is -1.73. The van der Waals surface area contributed by atoms with Gasteiger partial charge < -0.3 is 4.74 Å². The van der Waals surface area contributed by atoms with Crippen LogP contribution < -0.4 is 0 Å². The molecule has 0 N–H and O–H groups in total. The Morgan fingerprint density at radius 3 is 2.07 bits per heavy atom. The van der Waals surface area contributed by atoms with Crippen molar-refractivity contribution in [2.24, 2.45) is 17.3 Å². The zero-order valence-electron chi connectivity index (χ0n) is 16.7. The van der Waals surface area contributed by atoms with E-state index in [1.807, 2.05) is 0 Å². The molecule has 0 bridgehead atoms. The molecule has 1 aromatic carbocycles. The second kappa shape index (κ2) is 8.10. The number of nitrogens with zero attached hydrogens (tertiary/aromatic N) is 1. The van der Waals surface area contributed by atoms with Gasteiger partial charge in [0.1, 0.15) is 0 Å². The Morgan fingerprint density at radius 2 is 1.59 bits per heavy atom. The maximum atomic E-state index is 12.8. The van der Waals surface area contributed by atoms with Gasteiger partial charge in [0.15, 0.2) is 12.4 Å². The first kappa shape index (κ1) is 21.6. The number of carbonyl (C=O) groups excluding carboxylic acids is 2. The summed E-state index contributed by atoms with van der Waals surface area (Å²) in [7, 11) is -3.59. The molecule has 0 radical (unpaired) electrons. The fraction of sp³-hybridized carbons (Fsp3) is 0.600. The Bertz CT molecular complexity index is 783. The molecule has 2 rings (SSSR count). The second-order valence-electron chi connectivity index (χ2n) is 8.54. The Balaban J connectivity index is 2.08. The normalized spacial score (nSPS) is 21.7. The molecule has 6 nitrogen and oxygen atoms in total. The van der Waals surface area contributed by atoms with Crippen molar-refractivity contribution in [2.75, 3.05) is 19.7 Å². The van der Waals surface area contributed by atoms with E-state index in [9.17, 15) is 18.0 Å². The molecule has 27 heavy (non-hydrogen) atoms. The largest absolute Gasteiger partial charge is 0.454 e. The van der Waals surface area contributed by atoms with E-state index < -0.39 is 21.4 Å². The minimum Gasteiger partial charge on any atom is -0.454 e. The van der Waals surface area contributed by atoms with Gasteiger partial charge in [0.2, 0.25) is 10.0 Å². The van der Waals surface area contributed by atoms with Crippen LogP contribution in [0.15, 0.2) is 29.2 Å². The molecule has 1 fully saturated rings. The number of benzene rings is 1. The van der Waals surface area contributed by atoms with E-state index in [1.165, 1.54) is 28.6 Å². The second-order valence-corrected chi connectivity index (χ2v) is 10.5. The molecule has 0 amide bonds. The summed E-state index contributed by atoms with van der Waals surface area (Å²) < 4.78 is 32.3. The lowest BCUT2D eigenvalue weighted by Gasteiger charge is -2.34. The van der Waals surface area contributed by atoms with E-state index >= 15 is 0 Å². The van der Waals surface area contributed by atoms with Gasteiger partial charge in [-0.15, -0.1) is 0 Å². The van der Waals surface area contributed by atoms with Crippen molar-refractivity contribution in [3.63, 3.8) is 0 Å². The lowest BCUT2D eigenvalue weighted by molar-refractivity contribution is -0.129. The van der Waals surface area contributed by atoms with Crippen molar-refractivity contribution in [3.05, 3.63) is 29.8 Å². The van der Waals surface area contributed by atoms with Crippen LogP contribution in [0.1, 0.15) is 51.4 Å². The zero-order chi connectivity index (χ0) is 20.4. The van der Waals surface area contributed by atoms with Crippen LogP contribution in [0.4, 0.5) is 0 Å². The summed E-state index contributed by atoms with van der Waals surface area (Å²) in [4.78, 5) is 24.1. The van der Waals surface area contributed by atoms with Crippen molar-refractivity contribution < 1.29 is 22.7 Å². The molecular formula is C20H29NO5S. The molecule has 1 aliphatic heterocycles. The number of sulfonamides is 1. The number of Topliss-reactive ketones (excluding diaryl/α,β-unsaturated/α-hetero) is 1. The number of piperidine rings is 1. The molecule has 150 valence electrons. The third-order valence-corrected chi connectivity index (χ3v) is 6.58. The van der Waals surface area contributed by atoms with Gasteiger partial charge in [0, 0.05) is 18.5 Å². The molecule has 2 atom stereocenters. The number of carbonyl (C=O) groups is 2. The van der Waals surface area contributed by atoms with Crippen molar-refractivity contribution in [3.8, 4) is 0 Å². The van der Waals surface area contributed by atoms with Crippen molar-refractivity contribution >= 4 is 21.8 Å². The maximum Gasteiger partial charge on any atom is 0.338 e. The molecule has 0 aromatic heterocycles. The van der Waals surface area contributed by atoms with E-state index in [2.05, 4.69) is 13.8 Å². The Labute approximate surface area is 161 Å². The summed E-state index contributed by atoms with van der Waals surface area (Å²) in [5.41, 5.74) is -0.364. The van der Waals surface area contributed by atoms with Gasteiger partial charge >= 0.3 is 5.97 Å². The van der Waals surface area contributed by atoms with Crippen LogP contribution >= 0.6 is 0 Å². The van der Waals surface area contributed by atoms with E-state index in [0.717, 1.165) is 6.42 Å². The summed E-state index contributed by atoms with van der Waals surface area (Å²) in [5, 5.41) is 0. The van der Waals surface area contributed by atoms with Crippen molar-refractivity contribution in [2.45, 2.75) is 45.9 Å². The third-order valence-electron chi connectivity index (χ3n) is 4.73. The average Bonchev–Trinajstić information content (AvgIpc) is 2.57. The SMILES string of the molecule is C[C@H]1C[C@H](C)CN(S(=O)(=O)c2ccc(C(=O)OCC(=O)C(C)(C)C)cc2)C1. The van der Waals surface area contributed by atoms with Gasteiger partial charge in [0.25, 0.3) is 0 Å². The molecule has 0 unspecified atom stereocenters. The number of ether oxygens (including phenoxy) is 1. The molecule has 1 saturated heterocycles. The predicted octanol–water partition coefficient (Wildman–Crippen LogP) is 3.13. The summed E-state index contributed by atoms with van der Waals surface area (Å²) in [5.74, 6) is -0.184. The van der Waals surface area contributed by atoms with Crippen LogP contribution in [-0.4, -0.2) is 44.2 Å². The molecule has 0 aliphatic carbocycles. The van der Waals surface area contributed by atoms with Crippen LogP contribution in [0, 0.1) is 17.3 Å². The zero-order valence-corrected chi connectivity index (χ0v) is 17.5. The van der Waals surface area contributed by atoms with E-state index in [-0.39, 0.29) is 22.8 Å². The maximum absolute atomic E-state index is 12.8. The highest BCUT2D eigenvalue weighted by Gasteiger charge is 2.31. The molecular weight excluding hydrogens is 366 g/mol. The number of esters is 1. The third kappa shape index (κ3) is 5.39. The van der Waals surface area contributed by atoms with Gasteiger partial charge in [0.05, 0.1) is 10.5 Å². The number of hydrogen-bond acceptors (Lipinski definition) is 5. The highest BCUT2D eigenvalue weighted by atomic mass is 32.2. The summed E-state index contributed by atoms with van der Waals surface area (Å²) >= 11 is 0. The molecule has 7 heteroatoms.